The SMILES string of the molecule is CCNC(=NCc1ccccc1OC)NCCS(=O)(=O)N1CCSCC1. The minimum absolute atomic E-state index is 0.0662. The van der Waals surface area contributed by atoms with Gasteiger partial charge in [-0.15, -0.1) is 0 Å². The van der Waals surface area contributed by atoms with E-state index in [2.05, 4.69) is 15.6 Å². The predicted molar refractivity (Wildman–Crippen MR) is 108 cm³/mol. The van der Waals surface area contributed by atoms with E-state index in [4.69, 9.17) is 4.74 Å². The topological polar surface area (TPSA) is 83.0 Å². The molecule has 146 valence electrons. The fraction of sp³-hybridized carbons (Fsp3) is 0.588. The number of hydrogen-bond acceptors (Lipinski definition) is 5. The lowest BCUT2D eigenvalue weighted by molar-refractivity contribution is 0.410. The van der Waals surface area contributed by atoms with Crippen LogP contribution < -0.4 is 15.4 Å². The van der Waals surface area contributed by atoms with Crippen molar-refractivity contribution in [3.8, 4) is 5.75 Å². The Morgan fingerprint density at radius 2 is 2.00 bits per heavy atom. The van der Waals surface area contributed by atoms with E-state index in [0.717, 1.165) is 22.8 Å². The summed E-state index contributed by atoms with van der Waals surface area (Å²) in [7, 11) is -1.58. The van der Waals surface area contributed by atoms with E-state index in [1.54, 1.807) is 23.2 Å². The number of para-hydroxylation sites is 1. The Labute approximate surface area is 160 Å². The second-order valence-electron chi connectivity index (χ2n) is 5.76. The Kier molecular flexibility index (Phi) is 8.53. The van der Waals surface area contributed by atoms with Crippen molar-refractivity contribution in [1.82, 2.24) is 14.9 Å². The zero-order chi connectivity index (χ0) is 18.8. The first-order valence-corrected chi connectivity index (χ1v) is 11.5. The molecule has 1 aromatic carbocycles. The molecule has 1 heterocycles. The lowest BCUT2D eigenvalue weighted by atomic mass is 10.2. The minimum atomic E-state index is -3.22. The summed E-state index contributed by atoms with van der Waals surface area (Å²) in [5, 5.41) is 6.25. The summed E-state index contributed by atoms with van der Waals surface area (Å²) in [4.78, 5) is 4.53. The van der Waals surface area contributed by atoms with Gasteiger partial charge in [0.1, 0.15) is 5.75 Å². The summed E-state index contributed by atoms with van der Waals surface area (Å²) in [6, 6.07) is 7.72. The van der Waals surface area contributed by atoms with Crippen LogP contribution in [0.5, 0.6) is 5.75 Å². The molecule has 0 bridgehead atoms. The van der Waals surface area contributed by atoms with Crippen LogP contribution in [0.1, 0.15) is 12.5 Å². The first kappa shape index (κ1) is 20.9. The van der Waals surface area contributed by atoms with Crippen molar-refractivity contribution in [3.63, 3.8) is 0 Å². The molecule has 2 rings (SSSR count). The molecule has 1 saturated heterocycles. The van der Waals surface area contributed by atoms with Crippen LogP contribution in [-0.2, 0) is 16.6 Å². The van der Waals surface area contributed by atoms with Crippen molar-refractivity contribution < 1.29 is 13.2 Å². The second-order valence-corrected chi connectivity index (χ2v) is 9.07. The predicted octanol–water partition coefficient (Wildman–Crippen LogP) is 1.13. The smallest absolute Gasteiger partial charge is 0.215 e. The molecule has 1 aliphatic rings. The van der Waals surface area contributed by atoms with Gasteiger partial charge in [-0.3, -0.25) is 0 Å². The molecule has 9 heteroatoms. The van der Waals surface area contributed by atoms with Crippen LogP contribution >= 0.6 is 11.8 Å². The number of benzene rings is 1. The van der Waals surface area contributed by atoms with Crippen LogP contribution in [0.3, 0.4) is 0 Å². The maximum Gasteiger partial charge on any atom is 0.215 e. The summed E-state index contributed by atoms with van der Waals surface area (Å²) in [5.74, 6) is 3.20. The van der Waals surface area contributed by atoms with E-state index in [-0.39, 0.29) is 5.75 Å². The van der Waals surface area contributed by atoms with Crippen molar-refractivity contribution in [2.24, 2.45) is 4.99 Å². The largest absolute Gasteiger partial charge is 0.496 e. The van der Waals surface area contributed by atoms with Gasteiger partial charge in [0, 0.05) is 43.2 Å². The van der Waals surface area contributed by atoms with Crippen molar-refractivity contribution in [3.05, 3.63) is 29.8 Å². The molecule has 2 N–H and O–H groups in total. The molecule has 1 fully saturated rings. The number of guanidine groups is 1. The zero-order valence-corrected chi connectivity index (χ0v) is 17.0. The van der Waals surface area contributed by atoms with E-state index >= 15 is 0 Å². The Balaban J connectivity index is 1.91. The Hall–Kier alpha value is -1.45. The van der Waals surface area contributed by atoms with Crippen LogP contribution in [0.2, 0.25) is 0 Å². The van der Waals surface area contributed by atoms with Crippen LogP contribution in [0, 0.1) is 0 Å². The fourth-order valence-electron chi connectivity index (χ4n) is 2.59. The summed E-state index contributed by atoms with van der Waals surface area (Å²) in [6.07, 6.45) is 0. The van der Waals surface area contributed by atoms with Crippen molar-refractivity contribution >= 4 is 27.7 Å². The average molecular weight is 401 g/mol. The van der Waals surface area contributed by atoms with E-state index in [9.17, 15) is 8.42 Å². The Morgan fingerprint density at radius 1 is 1.27 bits per heavy atom. The normalized spacial score (nSPS) is 16.3. The number of thioether (sulfide) groups is 1. The fourth-order valence-corrected chi connectivity index (χ4v) is 5.08. The molecule has 0 radical (unpaired) electrons. The maximum atomic E-state index is 12.4. The second kappa shape index (κ2) is 10.6. The molecule has 1 aromatic rings. The lowest BCUT2D eigenvalue weighted by Crippen LogP contribution is -2.44. The number of methoxy groups -OCH3 is 1. The molecule has 0 spiro atoms. The number of aliphatic imine (C=N–C) groups is 1. The number of nitrogens with one attached hydrogen (secondary N) is 2. The number of ether oxygens (including phenoxy) is 1. The Morgan fingerprint density at radius 3 is 2.69 bits per heavy atom. The van der Waals surface area contributed by atoms with Gasteiger partial charge in [0.2, 0.25) is 10.0 Å². The van der Waals surface area contributed by atoms with Gasteiger partial charge in [0.15, 0.2) is 5.96 Å². The molecule has 0 amide bonds. The number of sulfonamides is 1. The molecular weight excluding hydrogens is 372 g/mol. The average Bonchev–Trinajstić information content (AvgIpc) is 2.67. The third-order valence-corrected chi connectivity index (χ3v) is 6.77. The standard InChI is InChI=1S/C17H28N4O3S2/c1-3-18-17(20-14-15-6-4-5-7-16(15)24-2)19-8-13-26(22,23)21-9-11-25-12-10-21/h4-7H,3,8-14H2,1-2H3,(H2,18,19,20). The van der Waals surface area contributed by atoms with Crippen LogP contribution in [-0.4, -0.2) is 69.2 Å². The van der Waals surface area contributed by atoms with Crippen LogP contribution in [0.25, 0.3) is 0 Å². The first-order chi connectivity index (χ1) is 12.6. The van der Waals surface area contributed by atoms with Gasteiger partial charge in [-0.1, -0.05) is 18.2 Å². The molecule has 0 unspecified atom stereocenters. The molecule has 0 aliphatic carbocycles. The van der Waals surface area contributed by atoms with Crippen LogP contribution in [0.4, 0.5) is 0 Å². The van der Waals surface area contributed by atoms with Gasteiger partial charge in [0.05, 0.1) is 19.4 Å². The summed E-state index contributed by atoms with van der Waals surface area (Å²) >= 11 is 1.80. The minimum Gasteiger partial charge on any atom is -0.496 e. The van der Waals surface area contributed by atoms with Crippen molar-refractivity contribution in [2.75, 3.05) is 50.5 Å². The van der Waals surface area contributed by atoms with Crippen LogP contribution in [0.15, 0.2) is 29.3 Å². The van der Waals surface area contributed by atoms with E-state index < -0.39 is 10.0 Å². The molecule has 0 aromatic heterocycles. The highest BCUT2D eigenvalue weighted by Crippen LogP contribution is 2.18. The highest BCUT2D eigenvalue weighted by atomic mass is 32.2. The molecule has 0 atom stereocenters. The number of rotatable bonds is 8. The van der Waals surface area contributed by atoms with E-state index in [1.807, 2.05) is 31.2 Å². The van der Waals surface area contributed by atoms with Gasteiger partial charge >= 0.3 is 0 Å². The molecule has 26 heavy (non-hydrogen) atoms. The highest BCUT2D eigenvalue weighted by Gasteiger charge is 2.23. The van der Waals surface area contributed by atoms with Gasteiger partial charge < -0.3 is 15.4 Å². The van der Waals surface area contributed by atoms with E-state index in [1.165, 1.54) is 0 Å². The van der Waals surface area contributed by atoms with Gasteiger partial charge in [-0.2, -0.15) is 11.8 Å². The molecular formula is C17H28N4O3S2. The van der Waals surface area contributed by atoms with E-state index in [0.29, 0.717) is 38.7 Å². The quantitative estimate of drug-likeness (QED) is 0.503. The summed E-state index contributed by atoms with van der Waals surface area (Å²) in [6.45, 7) is 4.67. The molecule has 1 aliphatic heterocycles. The van der Waals surface area contributed by atoms with Gasteiger partial charge in [0.25, 0.3) is 0 Å². The Bertz CT molecular complexity index is 689. The maximum absolute atomic E-state index is 12.4. The first-order valence-electron chi connectivity index (χ1n) is 8.76. The third-order valence-electron chi connectivity index (χ3n) is 3.96. The van der Waals surface area contributed by atoms with Gasteiger partial charge in [-0.05, 0) is 13.0 Å². The number of nitrogens with zero attached hydrogens (tertiary/aromatic N) is 2. The molecule has 7 nitrogen and oxygen atoms in total. The number of hydrogen-bond donors (Lipinski definition) is 2. The zero-order valence-electron chi connectivity index (χ0n) is 15.4. The summed E-state index contributed by atoms with van der Waals surface area (Å²) in [5.41, 5.74) is 0.977. The monoisotopic (exact) mass is 400 g/mol. The molecule has 0 saturated carbocycles. The highest BCUT2D eigenvalue weighted by molar-refractivity contribution is 7.99. The summed E-state index contributed by atoms with van der Waals surface area (Å²) < 4.78 is 31.7. The van der Waals surface area contributed by atoms with Gasteiger partial charge in [-0.25, -0.2) is 17.7 Å². The third kappa shape index (κ3) is 6.37. The van der Waals surface area contributed by atoms with Crippen molar-refractivity contribution in [2.45, 2.75) is 13.5 Å². The van der Waals surface area contributed by atoms with Crippen molar-refractivity contribution in [1.29, 1.82) is 0 Å². The lowest BCUT2D eigenvalue weighted by Gasteiger charge is -2.25.